The van der Waals surface area contributed by atoms with Crippen LogP contribution in [0.5, 0.6) is 5.75 Å². The fourth-order valence-electron chi connectivity index (χ4n) is 4.46. The molecule has 2 bridgehead atoms. The van der Waals surface area contributed by atoms with Gasteiger partial charge in [-0.1, -0.05) is 37.3 Å². The minimum Gasteiger partial charge on any atom is -0.502 e. The number of benzene rings is 1. The lowest BCUT2D eigenvalue weighted by atomic mass is 9.92. The van der Waals surface area contributed by atoms with E-state index in [1.165, 1.54) is 11.6 Å². The number of hydrogen-bond acceptors (Lipinski definition) is 5. The molecule has 0 radical (unpaired) electrons. The summed E-state index contributed by atoms with van der Waals surface area (Å²) in [5.41, 5.74) is 2.53. The first-order valence-corrected chi connectivity index (χ1v) is 10.9. The second kappa shape index (κ2) is 9.26. The lowest BCUT2D eigenvalue weighted by Gasteiger charge is -2.44. The minimum atomic E-state index is -0.566. The molecule has 0 spiro atoms. The van der Waals surface area contributed by atoms with Crippen LogP contribution in [0.1, 0.15) is 53.8 Å². The topological polar surface area (TPSA) is 78.1 Å². The van der Waals surface area contributed by atoms with Gasteiger partial charge in [-0.3, -0.25) is 24.3 Å². The van der Waals surface area contributed by atoms with E-state index in [1.807, 2.05) is 30.1 Å². The zero-order chi connectivity index (χ0) is 22.7. The summed E-state index contributed by atoms with van der Waals surface area (Å²) >= 11 is 0. The molecule has 2 aromatic rings. The highest BCUT2D eigenvalue weighted by atomic mass is 16.3. The van der Waals surface area contributed by atoms with Crippen molar-refractivity contribution in [1.29, 1.82) is 0 Å². The maximum Gasteiger partial charge on any atom is 0.277 e. The number of carbonyl (C=O) groups is 1. The molecular formula is C25H28N4O3. The largest absolute Gasteiger partial charge is 0.502 e. The van der Waals surface area contributed by atoms with Crippen molar-refractivity contribution in [3.63, 3.8) is 0 Å². The van der Waals surface area contributed by atoms with Crippen molar-refractivity contribution in [1.82, 2.24) is 9.58 Å². The van der Waals surface area contributed by atoms with Crippen LogP contribution in [0.4, 0.5) is 0 Å². The molecule has 4 rings (SSSR count). The Labute approximate surface area is 187 Å². The van der Waals surface area contributed by atoms with Crippen LogP contribution >= 0.6 is 0 Å². The van der Waals surface area contributed by atoms with Crippen molar-refractivity contribution in [2.24, 2.45) is 4.99 Å². The van der Waals surface area contributed by atoms with Gasteiger partial charge in [-0.25, -0.2) is 0 Å². The van der Waals surface area contributed by atoms with Crippen molar-refractivity contribution < 1.29 is 9.90 Å². The summed E-state index contributed by atoms with van der Waals surface area (Å²) in [6.45, 7) is 7.06. The van der Waals surface area contributed by atoms with Gasteiger partial charge < -0.3 is 10.0 Å². The summed E-state index contributed by atoms with van der Waals surface area (Å²) in [4.78, 5) is 31.3. The van der Waals surface area contributed by atoms with E-state index in [4.69, 9.17) is 0 Å². The van der Waals surface area contributed by atoms with Crippen LogP contribution < -0.4 is 10.4 Å². The van der Waals surface area contributed by atoms with E-state index in [1.54, 1.807) is 28.2 Å². The van der Waals surface area contributed by atoms with Gasteiger partial charge in [0.05, 0.1) is 6.04 Å². The number of amides is 1. The Hall–Kier alpha value is -3.61. The summed E-state index contributed by atoms with van der Waals surface area (Å²) in [7, 11) is 0. The van der Waals surface area contributed by atoms with Gasteiger partial charge in [0.2, 0.25) is 5.43 Å². The SMILES string of the molecule is C=C(/C=C\N=CC)[C@@H]1c2ccccc2CCCCCN2CN1n1ccc(=O)c(O)c1C2=O. The van der Waals surface area contributed by atoms with Crippen molar-refractivity contribution in [3.8, 4) is 5.75 Å². The number of aromatic hydroxyl groups is 1. The van der Waals surface area contributed by atoms with Gasteiger partial charge >= 0.3 is 0 Å². The number of pyridine rings is 1. The molecule has 0 saturated heterocycles. The third kappa shape index (κ3) is 3.98. The third-order valence-corrected chi connectivity index (χ3v) is 6.03. The van der Waals surface area contributed by atoms with Crippen LogP contribution in [-0.2, 0) is 6.42 Å². The predicted molar refractivity (Wildman–Crippen MR) is 126 cm³/mol. The molecule has 2 aliphatic rings. The van der Waals surface area contributed by atoms with E-state index < -0.39 is 11.2 Å². The first kappa shape index (κ1) is 21.6. The van der Waals surface area contributed by atoms with Gasteiger partial charge in [0.15, 0.2) is 11.4 Å². The molecule has 32 heavy (non-hydrogen) atoms. The minimum absolute atomic E-state index is 0.00571. The smallest absolute Gasteiger partial charge is 0.277 e. The summed E-state index contributed by atoms with van der Waals surface area (Å²) in [6, 6.07) is 9.24. The number of nitrogens with zero attached hydrogens (tertiary/aromatic N) is 4. The molecular weight excluding hydrogens is 404 g/mol. The summed E-state index contributed by atoms with van der Waals surface area (Å²) < 4.78 is 1.61. The Morgan fingerprint density at radius 3 is 2.81 bits per heavy atom. The van der Waals surface area contributed by atoms with Crippen LogP contribution in [-0.4, -0.2) is 40.0 Å². The van der Waals surface area contributed by atoms with Crippen molar-refractivity contribution in [2.75, 3.05) is 18.2 Å². The number of aryl methyl sites for hydroxylation is 1. The average molecular weight is 433 g/mol. The van der Waals surface area contributed by atoms with Gasteiger partial charge in [-0.2, -0.15) is 0 Å². The maximum absolute atomic E-state index is 13.2. The fraction of sp³-hybridized carbons (Fsp3) is 0.320. The Balaban J connectivity index is 1.94. The Bertz CT molecular complexity index is 1150. The van der Waals surface area contributed by atoms with Gasteiger partial charge in [0.1, 0.15) is 6.67 Å². The van der Waals surface area contributed by atoms with Crippen molar-refractivity contribution in [3.05, 3.63) is 88.0 Å². The highest BCUT2D eigenvalue weighted by molar-refractivity contribution is 5.96. The molecule has 0 unspecified atom stereocenters. The lowest BCUT2D eigenvalue weighted by molar-refractivity contribution is 0.0677. The highest BCUT2D eigenvalue weighted by Crippen LogP contribution is 2.34. The molecule has 0 saturated carbocycles. The number of hydrogen-bond donors (Lipinski definition) is 1. The van der Waals surface area contributed by atoms with E-state index in [-0.39, 0.29) is 17.6 Å². The zero-order valence-electron chi connectivity index (χ0n) is 18.3. The summed E-state index contributed by atoms with van der Waals surface area (Å²) in [6.07, 6.45) is 10.6. The van der Waals surface area contributed by atoms with Gasteiger partial charge in [0.25, 0.3) is 5.91 Å². The number of aliphatic imine (C=N–C) groups is 1. The normalized spacial score (nSPS) is 19.0. The van der Waals surface area contributed by atoms with E-state index in [9.17, 15) is 14.7 Å². The van der Waals surface area contributed by atoms with Gasteiger partial charge in [0, 0.05) is 31.2 Å². The average Bonchev–Trinajstić information content (AvgIpc) is 2.82. The highest BCUT2D eigenvalue weighted by Gasteiger charge is 2.37. The lowest BCUT2D eigenvalue weighted by Crippen LogP contribution is -2.55. The van der Waals surface area contributed by atoms with Crippen molar-refractivity contribution >= 4 is 12.1 Å². The van der Waals surface area contributed by atoms with E-state index in [2.05, 4.69) is 23.7 Å². The van der Waals surface area contributed by atoms with E-state index >= 15 is 0 Å². The molecule has 7 nitrogen and oxygen atoms in total. The zero-order valence-corrected chi connectivity index (χ0v) is 18.3. The molecule has 1 N–H and O–H groups in total. The molecule has 1 amide bonds. The van der Waals surface area contributed by atoms with Crippen LogP contribution in [0.3, 0.4) is 0 Å². The van der Waals surface area contributed by atoms with Crippen LogP contribution in [0.25, 0.3) is 0 Å². The molecule has 1 aromatic heterocycles. The number of aromatic nitrogens is 1. The molecule has 2 aliphatic heterocycles. The predicted octanol–water partition coefficient (Wildman–Crippen LogP) is 3.53. The standard InChI is InChI=1S/C25H28N4O3/c1-3-26-14-12-18(2)22-20-11-7-6-10-19(20)9-5-4-8-15-27-17-29(22)28-16-13-21(30)24(31)23(28)25(27)32/h3,6-7,10-14,16,22,31H,2,4-5,8-9,15,17H2,1H3/b14-12-,26-3?/t22-/m1/s1. The summed E-state index contributed by atoms with van der Waals surface area (Å²) in [5, 5.41) is 12.5. The van der Waals surface area contributed by atoms with Crippen molar-refractivity contribution in [2.45, 2.75) is 38.6 Å². The van der Waals surface area contributed by atoms with E-state index in [0.717, 1.165) is 36.8 Å². The van der Waals surface area contributed by atoms with Crippen LogP contribution in [0.15, 0.2) is 70.7 Å². The van der Waals surface area contributed by atoms with Crippen LogP contribution in [0.2, 0.25) is 0 Å². The second-order valence-corrected chi connectivity index (χ2v) is 8.08. The first-order valence-electron chi connectivity index (χ1n) is 10.9. The molecule has 1 atom stereocenters. The van der Waals surface area contributed by atoms with Crippen LogP contribution in [0, 0.1) is 0 Å². The molecule has 0 fully saturated rings. The third-order valence-electron chi connectivity index (χ3n) is 6.03. The monoisotopic (exact) mass is 432 g/mol. The molecule has 0 aliphatic carbocycles. The number of carbonyl (C=O) groups excluding carboxylic acids is 1. The van der Waals surface area contributed by atoms with E-state index in [0.29, 0.717) is 13.2 Å². The van der Waals surface area contributed by atoms with Gasteiger partial charge in [-0.05, 0) is 49.0 Å². The number of fused-ring (bicyclic) bond motifs is 5. The molecule has 166 valence electrons. The molecule has 1 aromatic carbocycles. The Morgan fingerprint density at radius 1 is 1.19 bits per heavy atom. The quantitative estimate of drug-likeness (QED) is 0.595. The maximum atomic E-state index is 13.2. The fourth-order valence-corrected chi connectivity index (χ4v) is 4.46. The Morgan fingerprint density at radius 2 is 2.00 bits per heavy atom. The van der Waals surface area contributed by atoms with Gasteiger partial charge in [-0.15, -0.1) is 0 Å². The second-order valence-electron chi connectivity index (χ2n) is 8.08. The molecule has 7 heteroatoms. The Kier molecular flexibility index (Phi) is 6.25. The summed E-state index contributed by atoms with van der Waals surface area (Å²) in [5.74, 6) is -0.856. The number of rotatable bonds is 3. The molecule has 3 heterocycles. The first-order chi connectivity index (χ1) is 15.5.